The molecule has 0 unspecified atom stereocenters. The first-order valence-electron chi connectivity index (χ1n) is 7.39. The van der Waals surface area contributed by atoms with Crippen molar-refractivity contribution in [2.24, 2.45) is 17.8 Å². The van der Waals surface area contributed by atoms with Gasteiger partial charge in [0.05, 0.1) is 12.2 Å². The van der Waals surface area contributed by atoms with Crippen LogP contribution in [0, 0.1) is 17.8 Å². The van der Waals surface area contributed by atoms with Gasteiger partial charge in [0.2, 0.25) is 0 Å². The van der Waals surface area contributed by atoms with Crippen molar-refractivity contribution >= 4 is 0 Å². The Balaban J connectivity index is 4.89. The molecule has 0 fully saturated rings. The predicted molar refractivity (Wildman–Crippen MR) is 84.6 cm³/mol. The fraction of sp³-hybridized carbons (Fsp3) is 0.765. The molecule has 0 aromatic carbocycles. The summed E-state index contributed by atoms with van der Waals surface area (Å²) in [5.74, 6) is 0.321. The van der Waals surface area contributed by atoms with Gasteiger partial charge in [0.15, 0.2) is 0 Å². The smallest absolute Gasteiger partial charge is 0.0807 e. The Kier molecular flexibility index (Phi) is 9.03. The molecule has 0 aliphatic rings. The third kappa shape index (κ3) is 6.21. The number of allylic oxidation sites excluding steroid dienone is 1. The number of hydrogen-bond acceptors (Lipinski definition) is 3. The minimum Gasteiger partial charge on any atom is -0.396 e. The topological polar surface area (TPSA) is 49.7 Å². The van der Waals surface area contributed by atoms with Crippen molar-refractivity contribution in [3.05, 3.63) is 23.3 Å². The van der Waals surface area contributed by atoms with Gasteiger partial charge in [-0.1, -0.05) is 38.5 Å². The second-order valence-corrected chi connectivity index (χ2v) is 6.18. The Morgan fingerprint density at radius 3 is 2.00 bits per heavy atom. The summed E-state index contributed by atoms with van der Waals surface area (Å²) in [6.45, 7) is 12.2. The maximum atomic E-state index is 10.3. The van der Waals surface area contributed by atoms with E-state index in [-0.39, 0.29) is 30.5 Å². The summed E-state index contributed by atoms with van der Waals surface area (Å²) in [5.41, 5.74) is 2.16. The Labute approximate surface area is 124 Å². The van der Waals surface area contributed by atoms with E-state index in [1.54, 1.807) is 7.11 Å². The van der Waals surface area contributed by atoms with Crippen LogP contribution in [0.5, 0.6) is 0 Å². The summed E-state index contributed by atoms with van der Waals surface area (Å²) < 4.78 is 5.47. The average molecular weight is 284 g/mol. The highest BCUT2D eigenvalue weighted by molar-refractivity contribution is 5.12. The molecule has 20 heavy (non-hydrogen) atoms. The lowest BCUT2D eigenvalue weighted by molar-refractivity contribution is 0.0101. The lowest BCUT2D eigenvalue weighted by atomic mass is 9.89. The SMILES string of the molecule is CO[C@@H]([C@H](C)/C=C(\C)[C@@H](O)[C@H](C)C=C(C)C)[C@@H](C)CO. The summed E-state index contributed by atoms with van der Waals surface area (Å²) in [5, 5.41) is 19.6. The van der Waals surface area contributed by atoms with Crippen LogP contribution in [-0.4, -0.2) is 36.1 Å². The molecular formula is C17H32O3. The molecule has 0 bridgehead atoms. The molecule has 3 nitrogen and oxygen atoms in total. The van der Waals surface area contributed by atoms with Crippen molar-refractivity contribution in [3.8, 4) is 0 Å². The highest BCUT2D eigenvalue weighted by Gasteiger charge is 2.23. The van der Waals surface area contributed by atoms with Gasteiger partial charge in [0, 0.05) is 31.5 Å². The molecule has 0 saturated carbocycles. The molecule has 3 heteroatoms. The molecule has 0 aliphatic carbocycles. The van der Waals surface area contributed by atoms with E-state index in [2.05, 4.69) is 19.1 Å². The zero-order valence-electron chi connectivity index (χ0n) is 14.1. The van der Waals surface area contributed by atoms with E-state index in [0.29, 0.717) is 0 Å². The van der Waals surface area contributed by atoms with Gasteiger partial charge in [-0.3, -0.25) is 0 Å². The highest BCUT2D eigenvalue weighted by Crippen LogP contribution is 2.22. The molecule has 0 aliphatic heterocycles. The van der Waals surface area contributed by atoms with E-state index in [0.717, 1.165) is 5.57 Å². The Morgan fingerprint density at radius 2 is 1.60 bits per heavy atom. The van der Waals surface area contributed by atoms with Gasteiger partial charge in [0.1, 0.15) is 0 Å². The van der Waals surface area contributed by atoms with Crippen LogP contribution in [0.25, 0.3) is 0 Å². The minimum absolute atomic E-state index is 0.0408. The molecule has 0 saturated heterocycles. The third-order valence-electron chi connectivity index (χ3n) is 3.73. The lowest BCUT2D eigenvalue weighted by Gasteiger charge is -2.27. The van der Waals surface area contributed by atoms with E-state index in [1.165, 1.54) is 5.57 Å². The van der Waals surface area contributed by atoms with Gasteiger partial charge in [-0.05, 0) is 26.3 Å². The highest BCUT2D eigenvalue weighted by atomic mass is 16.5. The Morgan fingerprint density at radius 1 is 1.05 bits per heavy atom. The lowest BCUT2D eigenvalue weighted by Crippen LogP contribution is -2.30. The normalized spacial score (nSPS) is 19.9. The molecule has 5 atom stereocenters. The van der Waals surface area contributed by atoms with E-state index in [1.807, 2.05) is 34.6 Å². The fourth-order valence-corrected chi connectivity index (χ4v) is 2.71. The fourth-order valence-electron chi connectivity index (χ4n) is 2.71. The zero-order valence-corrected chi connectivity index (χ0v) is 14.1. The van der Waals surface area contributed by atoms with Crippen molar-refractivity contribution in [3.63, 3.8) is 0 Å². The molecule has 0 rings (SSSR count). The zero-order chi connectivity index (χ0) is 15.9. The Hall–Kier alpha value is -0.640. The number of ether oxygens (including phenoxy) is 1. The standard InChI is InChI=1S/C17H32O3/c1-11(2)8-12(3)16(19)13(4)9-14(5)17(20-7)15(6)10-18/h8-9,12,14-19H,10H2,1-7H3/b13-9+/t12-,14-,15+,16+,17+/m1/s1. The van der Waals surface area contributed by atoms with E-state index in [9.17, 15) is 10.2 Å². The van der Waals surface area contributed by atoms with E-state index >= 15 is 0 Å². The van der Waals surface area contributed by atoms with Crippen LogP contribution in [0.4, 0.5) is 0 Å². The van der Waals surface area contributed by atoms with Gasteiger partial charge >= 0.3 is 0 Å². The summed E-state index contributed by atoms with van der Waals surface area (Å²) in [7, 11) is 1.67. The van der Waals surface area contributed by atoms with Gasteiger partial charge in [-0.25, -0.2) is 0 Å². The van der Waals surface area contributed by atoms with Crippen LogP contribution < -0.4 is 0 Å². The summed E-state index contributed by atoms with van der Waals surface area (Å²) in [6.07, 6.45) is 3.62. The first-order valence-corrected chi connectivity index (χ1v) is 7.39. The third-order valence-corrected chi connectivity index (χ3v) is 3.73. The van der Waals surface area contributed by atoms with E-state index < -0.39 is 6.10 Å². The van der Waals surface area contributed by atoms with Crippen LogP contribution in [0.1, 0.15) is 41.5 Å². The van der Waals surface area contributed by atoms with Gasteiger partial charge < -0.3 is 14.9 Å². The van der Waals surface area contributed by atoms with Gasteiger partial charge in [-0.15, -0.1) is 0 Å². The monoisotopic (exact) mass is 284 g/mol. The first-order chi connectivity index (χ1) is 9.24. The van der Waals surface area contributed by atoms with Crippen LogP contribution >= 0.6 is 0 Å². The molecule has 2 N–H and O–H groups in total. The number of aliphatic hydroxyl groups excluding tert-OH is 2. The molecule has 118 valence electrons. The summed E-state index contributed by atoms with van der Waals surface area (Å²) in [6, 6.07) is 0. The first kappa shape index (κ1) is 19.4. The number of methoxy groups -OCH3 is 1. The Bertz CT molecular complexity index is 329. The molecular weight excluding hydrogens is 252 g/mol. The molecule has 0 radical (unpaired) electrons. The predicted octanol–water partition coefficient (Wildman–Crippen LogP) is 3.18. The average Bonchev–Trinajstić information content (AvgIpc) is 2.37. The van der Waals surface area contributed by atoms with Crippen LogP contribution in [-0.2, 0) is 4.74 Å². The van der Waals surface area contributed by atoms with Crippen molar-refractivity contribution in [1.29, 1.82) is 0 Å². The van der Waals surface area contributed by atoms with Crippen molar-refractivity contribution in [2.45, 2.75) is 53.8 Å². The van der Waals surface area contributed by atoms with Gasteiger partial charge in [0.25, 0.3) is 0 Å². The van der Waals surface area contributed by atoms with Crippen molar-refractivity contribution in [2.75, 3.05) is 13.7 Å². The van der Waals surface area contributed by atoms with Crippen LogP contribution in [0.3, 0.4) is 0 Å². The summed E-state index contributed by atoms with van der Waals surface area (Å²) in [4.78, 5) is 0. The molecule has 0 spiro atoms. The maximum Gasteiger partial charge on any atom is 0.0807 e. The van der Waals surface area contributed by atoms with Crippen molar-refractivity contribution < 1.29 is 14.9 Å². The quantitative estimate of drug-likeness (QED) is 0.673. The number of aliphatic hydroxyl groups is 2. The van der Waals surface area contributed by atoms with Crippen LogP contribution in [0.2, 0.25) is 0 Å². The van der Waals surface area contributed by atoms with Gasteiger partial charge in [-0.2, -0.15) is 0 Å². The number of rotatable bonds is 8. The second kappa shape index (κ2) is 9.32. The molecule has 0 amide bonds. The largest absolute Gasteiger partial charge is 0.396 e. The summed E-state index contributed by atoms with van der Waals surface area (Å²) >= 11 is 0. The minimum atomic E-state index is -0.478. The van der Waals surface area contributed by atoms with Crippen molar-refractivity contribution in [1.82, 2.24) is 0 Å². The van der Waals surface area contributed by atoms with E-state index in [4.69, 9.17) is 4.74 Å². The molecule has 0 heterocycles. The van der Waals surface area contributed by atoms with Crippen LogP contribution in [0.15, 0.2) is 23.3 Å². The molecule has 0 aromatic rings. The maximum absolute atomic E-state index is 10.3. The molecule has 0 aromatic heterocycles. The second-order valence-electron chi connectivity index (χ2n) is 6.18. The number of hydrogen-bond donors (Lipinski definition) is 2.